The van der Waals surface area contributed by atoms with E-state index in [1.807, 2.05) is 0 Å². The minimum atomic E-state index is -0.184. The van der Waals surface area contributed by atoms with Crippen LogP contribution < -0.4 is 10.1 Å². The van der Waals surface area contributed by atoms with Gasteiger partial charge in [0.25, 0.3) is 5.91 Å². The summed E-state index contributed by atoms with van der Waals surface area (Å²) in [6, 6.07) is 12.3. The third kappa shape index (κ3) is 5.13. The summed E-state index contributed by atoms with van der Waals surface area (Å²) in [6.07, 6.45) is 4.41. The van der Waals surface area contributed by atoms with E-state index in [-0.39, 0.29) is 17.1 Å². The van der Waals surface area contributed by atoms with Gasteiger partial charge in [0, 0.05) is 27.4 Å². The second-order valence-corrected chi connectivity index (χ2v) is 11.1. The maximum absolute atomic E-state index is 13.4. The van der Waals surface area contributed by atoms with Crippen LogP contribution >= 0.6 is 22.9 Å². The van der Waals surface area contributed by atoms with Crippen LogP contribution in [-0.2, 0) is 12.8 Å². The molecule has 3 aromatic rings. The first-order valence-corrected chi connectivity index (χ1v) is 12.5. The summed E-state index contributed by atoms with van der Waals surface area (Å²) < 4.78 is 5.20. The van der Waals surface area contributed by atoms with Crippen LogP contribution in [0.15, 0.2) is 47.5 Å². The zero-order valence-electron chi connectivity index (χ0n) is 19.8. The minimum Gasteiger partial charge on any atom is -0.504 e. The number of hydrogen-bond acceptors (Lipinski definition) is 5. The molecule has 0 unspecified atom stereocenters. The lowest BCUT2D eigenvalue weighted by molar-refractivity contribution is 0.102. The third-order valence-corrected chi connectivity index (χ3v) is 7.79. The van der Waals surface area contributed by atoms with Crippen LogP contribution in [0, 0.1) is 11.3 Å². The number of benzene rings is 2. The van der Waals surface area contributed by atoms with E-state index in [1.54, 1.807) is 60.0 Å². The molecule has 0 spiro atoms. The number of para-hydroxylation sites is 1. The summed E-state index contributed by atoms with van der Waals surface area (Å²) in [5.74, 6) is 0.763. The molecule has 1 aliphatic carbocycles. The Morgan fingerprint density at radius 1 is 1.24 bits per heavy atom. The number of hydrogen-bond donors (Lipinski definition) is 2. The van der Waals surface area contributed by atoms with Gasteiger partial charge in [-0.15, -0.1) is 11.3 Å². The number of anilines is 1. The molecule has 34 heavy (non-hydrogen) atoms. The highest BCUT2D eigenvalue weighted by Gasteiger charge is 2.33. The van der Waals surface area contributed by atoms with Crippen molar-refractivity contribution in [2.45, 2.75) is 40.0 Å². The van der Waals surface area contributed by atoms with Crippen molar-refractivity contribution in [1.82, 2.24) is 0 Å². The number of rotatable bonds is 5. The van der Waals surface area contributed by atoms with Crippen LogP contribution in [0.5, 0.6) is 11.5 Å². The Balaban J connectivity index is 1.72. The maximum atomic E-state index is 13.4. The summed E-state index contributed by atoms with van der Waals surface area (Å²) in [5.41, 5.74) is 3.10. The average molecular weight is 497 g/mol. The van der Waals surface area contributed by atoms with E-state index in [4.69, 9.17) is 16.3 Å². The van der Waals surface area contributed by atoms with E-state index in [9.17, 15) is 9.90 Å². The number of phenolic OH excluding ortho intramolecular Hbond substituents is 1. The van der Waals surface area contributed by atoms with Gasteiger partial charge < -0.3 is 15.2 Å². The molecule has 0 fully saturated rings. The Bertz CT molecular complexity index is 1230. The molecule has 0 aliphatic heterocycles. The number of carbonyl (C=O) groups is 1. The number of methoxy groups -OCH3 is 1. The smallest absolute Gasteiger partial charge is 0.259 e. The summed E-state index contributed by atoms with van der Waals surface area (Å²) in [4.78, 5) is 19.3. The Hall–Kier alpha value is -2.83. The third-order valence-electron chi connectivity index (χ3n) is 6.37. The molecule has 1 heterocycles. The first-order chi connectivity index (χ1) is 16.2. The van der Waals surface area contributed by atoms with Gasteiger partial charge in [0.2, 0.25) is 0 Å². The van der Waals surface area contributed by atoms with E-state index in [0.717, 1.165) is 24.8 Å². The monoisotopic (exact) mass is 496 g/mol. The summed E-state index contributed by atoms with van der Waals surface area (Å²) in [6.45, 7) is 6.82. The molecule has 178 valence electrons. The summed E-state index contributed by atoms with van der Waals surface area (Å²) in [5, 5.41) is 14.7. The van der Waals surface area contributed by atoms with Crippen molar-refractivity contribution >= 4 is 45.7 Å². The van der Waals surface area contributed by atoms with Gasteiger partial charge in [-0.25, -0.2) is 4.99 Å². The molecule has 2 N–H and O–H groups in total. The number of thiophene rings is 1. The normalized spacial score (nSPS) is 15.9. The summed E-state index contributed by atoms with van der Waals surface area (Å²) in [7, 11) is 1.51. The Kier molecular flexibility index (Phi) is 7.01. The predicted molar refractivity (Wildman–Crippen MR) is 141 cm³/mol. The fraction of sp³-hybridized carbons (Fsp3) is 0.333. The molecule has 1 aromatic heterocycles. The topological polar surface area (TPSA) is 70.9 Å². The van der Waals surface area contributed by atoms with Crippen LogP contribution in [0.25, 0.3) is 0 Å². The highest BCUT2D eigenvalue weighted by Crippen LogP contribution is 2.45. The highest BCUT2D eigenvalue weighted by atomic mass is 35.5. The van der Waals surface area contributed by atoms with E-state index >= 15 is 0 Å². The molecular weight excluding hydrogens is 468 g/mol. The number of aromatic hydroxyl groups is 1. The molecular formula is C27H29ClN2O3S. The number of ether oxygens (including phenoxy) is 1. The lowest BCUT2D eigenvalue weighted by Crippen LogP contribution is -2.27. The number of amides is 1. The summed E-state index contributed by atoms with van der Waals surface area (Å²) >= 11 is 7.56. The lowest BCUT2D eigenvalue weighted by atomic mass is 9.72. The van der Waals surface area contributed by atoms with E-state index in [1.165, 1.54) is 12.0 Å². The van der Waals surface area contributed by atoms with E-state index in [2.05, 4.69) is 31.1 Å². The second kappa shape index (κ2) is 9.80. The van der Waals surface area contributed by atoms with Crippen LogP contribution in [-0.4, -0.2) is 24.3 Å². The molecule has 0 saturated heterocycles. The molecule has 0 saturated carbocycles. The van der Waals surface area contributed by atoms with Gasteiger partial charge in [-0.2, -0.15) is 0 Å². The first-order valence-electron chi connectivity index (χ1n) is 11.3. The molecule has 0 bridgehead atoms. The Morgan fingerprint density at radius 3 is 2.65 bits per heavy atom. The quantitative estimate of drug-likeness (QED) is 0.365. The fourth-order valence-corrected chi connectivity index (χ4v) is 5.69. The van der Waals surface area contributed by atoms with Gasteiger partial charge in [-0.1, -0.05) is 38.4 Å². The number of aliphatic imine (C=N–C) groups is 1. The highest BCUT2D eigenvalue weighted by molar-refractivity contribution is 7.16. The van der Waals surface area contributed by atoms with Crippen LogP contribution in [0.1, 0.15) is 53.6 Å². The lowest BCUT2D eigenvalue weighted by Gasteiger charge is -2.33. The predicted octanol–water partition coefficient (Wildman–Crippen LogP) is 7.27. The molecule has 4 rings (SSSR count). The van der Waals surface area contributed by atoms with Gasteiger partial charge in [0.15, 0.2) is 11.5 Å². The second-order valence-electron chi connectivity index (χ2n) is 9.61. The first kappa shape index (κ1) is 24.3. The van der Waals surface area contributed by atoms with Crippen molar-refractivity contribution in [2.24, 2.45) is 16.3 Å². The molecule has 7 heteroatoms. The van der Waals surface area contributed by atoms with Crippen molar-refractivity contribution in [3.8, 4) is 11.5 Å². The SMILES string of the molecule is COc1cccc(C=Nc2sc3c(c2C(=O)Nc2ccc(Cl)cc2)CC[C@H](C(C)(C)C)C3)c1O. The average Bonchev–Trinajstić information content (AvgIpc) is 3.17. The van der Waals surface area contributed by atoms with Crippen molar-refractivity contribution in [1.29, 1.82) is 0 Å². The van der Waals surface area contributed by atoms with Crippen molar-refractivity contribution in [3.05, 3.63) is 69.1 Å². The maximum Gasteiger partial charge on any atom is 0.259 e. The van der Waals surface area contributed by atoms with Crippen LogP contribution in [0.4, 0.5) is 10.7 Å². The van der Waals surface area contributed by atoms with Gasteiger partial charge in [-0.05, 0) is 72.6 Å². The van der Waals surface area contributed by atoms with Crippen molar-refractivity contribution in [3.63, 3.8) is 0 Å². The standard InChI is InChI=1S/C27H29ClN2O3S/c1-27(2,3)17-8-13-20-22(14-17)34-26(29-15-16-6-5-7-21(33-4)24(16)31)23(20)25(32)30-19-11-9-18(28)10-12-19/h5-7,9-12,15,17,31H,8,13-14H2,1-4H3,(H,30,32)/t17-/m0/s1. The number of nitrogens with one attached hydrogen (secondary N) is 1. The van der Waals surface area contributed by atoms with Crippen molar-refractivity contribution < 1.29 is 14.6 Å². The molecule has 1 atom stereocenters. The number of phenols is 1. The van der Waals surface area contributed by atoms with Gasteiger partial charge in [-0.3, -0.25) is 4.79 Å². The molecule has 5 nitrogen and oxygen atoms in total. The number of fused-ring (bicyclic) bond motifs is 1. The largest absolute Gasteiger partial charge is 0.504 e. The molecule has 1 amide bonds. The number of nitrogens with zero attached hydrogens (tertiary/aromatic N) is 1. The van der Waals surface area contributed by atoms with Crippen LogP contribution in [0.2, 0.25) is 5.02 Å². The minimum absolute atomic E-state index is 0.0232. The molecule has 1 aliphatic rings. The number of halogens is 1. The molecule has 2 aromatic carbocycles. The van der Waals surface area contributed by atoms with Gasteiger partial charge >= 0.3 is 0 Å². The van der Waals surface area contributed by atoms with Gasteiger partial charge in [0.05, 0.1) is 12.7 Å². The van der Waals surface area contributed by atoms with Crippen molar-refractivity contribution in [2.75, 3.05) is 12.4 Å². The van der Waals surface area contributed by atoms with Gasteiger partial charge in [0.1, 0.15) is 5.00 Å². The Morgan fingerprint density at radius 2 is 1.97 bits per heavy atom. The van der Waals surface area contributed by atoms with E-state index < -0.39 is 0 Å². The molecule has 0 radical (unpaired) electrons. The fourth-order valence-electron chi connectivity index (χ4n) is 4.30. The zero-order chi connectivity index (χ0) is 24.5. The van der Waals surface area contributed by atoms with Crippen LogP contribution in [0.3, 0.4) is 0 Å². The number of carbonyl (C=O) groups excluding carboxylic acids is 1. The van der Waals surface area contributed by atoms with E-state index in [0.29, 0.717) is 38.5 Å². The zero-order valence-corrected chi connectivity index (χ0v) is 21.4. The Labute approximate surface area is 209 Å².